The topological polar surface area (TPSA) is 82.3 Å². The summed E-state index contributed by atoms with van der Waals surface area (Å²) in [5.41, 5.74) is 2.38. The fourth-order valence-corrected chi connectivity index (χ4v) is 2.96. The molecule has 6 heteroatoms. The van der Waals surface area contributed by atoms with Crippen molar-refractivity contribution >= 4 is 28.6 Å². The van der Waals surface area contributed by atoms with Crippen molar-refractivity contribution < 1.29 is 14.4 Å². The molecule has 1 atom stereocenters. The van der Waals surface area contributed by atoms with Gasteiger partial charge in [-0.1, -0.05) is 11.6 Å². The minimum atomic E-state index is -0.785. The average Bonchev–Trinajstić information content (AvgIpc) is 3.00. The van der Waals surface area contributed by atoms with Gasteiger partial charge in [-0.3, -0.25) is 19.3 Å². The Balaban J connectivity index is 1.83. The number of carbonyl (C=O) groups is 3. The van der Waals surface area contributed by atoms with E-state index in [1.807, 2.05) is 25.1 Å². The van der Waals surface area contributed by atoms with Crippen molar-refractivity contribution in [3.63, 3.8) is 0 Å². The maximum atomic E-state index is 12.5. The number of nitrogens with one attached hydrogen (secondary N) is 2. The fraction of sp³-hybridized carbons (Fsp3) is 0.353. The zero-order valence-corrected chi connectivity index (χ0v) is 13.3. The Labute approximate surface area is 133 Å². The first-order chi connectivity index (χ1) is 10.9. The van der Waals surface area contributed by atoms with Crippen LogP contribution in [0.3, 0.4) is 0 Å². The molecular formula is C17H19N3O3. The molecule has 3 amide bonds. The van der Waals surface area contributed by atoms with Crippen LogP contribution in [0.25, 0.3) is 10.9 Å². The molecule has 1 fully saturated rings. The van der Waals surface area contributed by atoms with Crippen molar-refractivity contribution in [3.05, 3.63) is 35.5 Å². The maximum absolute atomic E-state index is 12.5. The van der Waals surface area contributed by atoms with Crippen LogP contribution in [0.15, 0.2) is 24.4 Å². The van der Waals surface area contributed by atoms with E-state index in [4.69, 9.17) is 0 Å². The van der Waals surface area contributed by atoms with Crippen LogP contribution >= 0.6 is 0 Å². The number of likely N-dealkylation sites (tertiary alicyclic amines) is 1. The number of aromatic amines is 1. The van der Waals surface area contributed by atoms with Gasteiger partial charge in [-0.05, 0) is 32.9 Å². The number of aryl methyl sites for hydroxylation is 1. The van der Waals surface area contributed by atoms with Gasteiger partial charge in [-0.15, -0.1) is 0 Å². The molecule has 1 aromatic heterocycles. The number of fused-ring (bicyclic) bond motifs is 1. The quantitative estimate of drug-likeness (QED) is 0.847. The third kappa shape index (κ3) is 2.60. The van der Waals surface area contributed by atoms with Crippen LogP contribution in [0.2, 0.25) is 0 Å². The molecule has 0 radical (unpaired) electrons. The predicted molar refractivity (Wildman–Crippen MR) is 85.9 cm³/mol. The Hall–Kier alpha value is -2.63. The van der Waals surface area contributed by atoms with Crippen molar-refractivity contribution in [2.75, 3.05) is 0 Å². The molecule has 0 spiro atoms. The molecule has 6 nitrogen and oxygen atoms in total. The number of rotatable bonds is 3. The minimum absolute atomic E-state index is 0.0180. The van der Waals surface area contributed by atoms with Gasteiger partial charge < -0.3 is 10.3 Å². The summed E-state index contributed by atoms with van der Waals surface area (Å²) in [6.07, 6.45) is 1.64. The highest BCUT2D eigenvalue weighted by atomic mass is 16.2. The van der Waals surface area contributed by atoms with Gasteiger partial charge in [-0.25, -0.2) is 0 Å². The summed E-state index contributed by atoms with van der Waals surface area (Å²) in [6.45, 7) is 5.51. The molecule has 1 saturated heterocycles. The number of hydrogen-bond acceptors (Lipinski definition) is 3. The van der Waals surface area contributed by atoms with Crippen molar-refractivity contribution in [1.82, 2.24) is 15.2 Å². The van der Waals surface area contributed by atoms with Crippen LogP contribution in [0.5, 0.6) is 0 Å². The lowest BCUT2D eigenvalue weighted by Gasteiger charge is -2.19. The third-order valence-electron chi connectivity index (χ3n) is 4.09. The summed E-state index contributed by atoms with van der Waals surface area (Å²) in [5, 5.41) is 3.49. The molecule has 1 aromatic carbocycles. The van der Waals surface area contributed by atoms with Crippen molar-refractivity contribution in [2.45, 2.75) is 39.3 Å². The Morgan fingerprint density at radius 2 is 2.09 bits per heavy atom. The highest BCUT2D eigenvalue weighted by Crippen LogP contribution is 2.21. The molecule has 120 valence electrons. The van der Waals surface area contributed by atoms with E-state index < -0.39 is 6.04 Å². The highest BCUT2D eigenvalue weighted by molar-refractivity contribution is 6.11. The van der Waals surface area contributed by atoms with Gasteiger partial charge in [0.2, 0.25) is 5.91 Å². The van der Waals surface area contributed by atoms with Crippen molar-refractivity contribution in [1.29, 1.82) is 0 Å². The molecule has 0 aliphatic carbocycles. The van der Waals surface area contributed by atoms with Crippen molar-refractivity contribution in [2.24, 2.45) is 0 Å². The Morgan fingerprint density at radius 1 is 1.35 bits per heavy atom. The molecule has 2 N–H and O–H groups in total. The molecule has 23 heavy (non-hydrogen) atoms. The summed E-state index contributed by atoms with van der Waals surface area (Å²) < 4.78 is 0. The first kappa shape index (κ1) is 15.3. The Bertz CT molecular complexity index is 807. The van der Waals surface area contributed by atoms with Crippen LogP contribution in [0, 0.1) is 6.92 Å². The number of hydrogen-bond donors (Lipinski definition) is 2. The summed E-state index contributed by atoms with van der Waals surface area (Å²) in [6, 6.07) is 4.80. The lowest BCUT2D eigenvalue weighted by molar-refractivity contribution is -0.140. The van der Waals surface area contributed by atoms with Gasteiger partial charge in [0, 0.05) is 23.1 Å². The van der Waals surface area contributed by atoms with E-state index in [-0.39, 0.29) is 30.2 Å². The molecule has 1 unspecified atom stereocenters. The molecule has 2 heterocycles. The van der Waals surface area contributed by atoms with E-state index in [2.05, 4.69) is 10.3 Å². The van der Waals surface area contributed by atoms with Gasteiger partial charge in [0.1, 0.15) is 6.04 Å². The van der Waals surface area contributed by atoms with Crippen LogP contribution in [0.4, 0.5) is 0 Å². The molecule has 1 aliphatic heterocycles. The summed E-state index contributed by atoms with van der Waals surface area (Å²) >= 11 is 0. The largest absolute Gasteiger partial charge is 0.360 e. The number of aromatic nitrogens is 1. The maximum Gasteiger partial charge on any atom is 0.254 e. The first-order valence-corrected chi connectivity index (χ1v) is 7.63. The number of benzene rings is 1. The SMILES string of the molecule is Cc1ccc2[nH]cc(C(=O)NC3CC(=O)N(C(C)C)C3=O)c2c1. The number of carbonyl (C=O) groups excluding carboxylic acids is 3. The Morgan fingerprint density at radius 3 is 2.74 bits per heavy atom. The van der Waals surface area contributed by atoms with Crippen molar-refractivity contribution in [3.8, 4) is 0 Å². The van der Waals surface area contributed by atoms with Gasteiger partial charge in [-0.2, -0.15) is 0 Å². The normalized spacial score (nSPS) is 18.3. The van der Waals surface area contributed by atoms with E-state index in [0.717, 1.165) is 16.5 Å². The van der Waals surface area contributed by atoms with Crippen LogP contribution in [-0.4, -0.2) is 39.7 Å². The molecule has 0 saturated carbocycles. The van der Waals surface area contributed by atoms with E-state index in [1.54, 1.807) is 20.0 Å². The smallest absolute Gasteiger partial charge is 0.254 e. The van der Waals surface area contributed by atoms with Gasteiger partial charge in [0.15, 0.2) is 0 Å². The predicted octanol–water partition coefficient (Wildman–Crippen LogP) is 1.74. The monoisotopic (exact) mass is 313 g/mol. The van der Waals surface area contributed by atoms with E-state index in [0.29, 0.717) is 5.56 Å². The van der Waals surface area contributed by atoms with E-state index >= 15 is 0 Å². The zero-order valence-electron chi connectivity index (χ0n) is 13.3. The number of amides is 3. The van der Waals surface area contributed by atoms with Gasteiger partial charge >= 0.3 is 0 Å². The molecule has 2 aromatic rings. The molecular weight excluding hydrogens is 294 g/mol. The minimum Gasteiger partial charge on any atom is -0.360 e. The molecule has 1 aliphatic rings. The highest BCUT2D eigenvalue weighted by Gasteiger charge is 2.40. The zero-order chi connectivity index (χ0) is 16.7. The average molecular weight is 313 g/mol. The molecule has 3 rings (SSSR count). The van der Waals surface area contributed by atoms with E-state index in [1.165, 1.54) is 4.90 Å². The fourth-order valence-electron chi connectivity index (χ4n) is 2.96. The summed E-state index contributed by atoms with van der Waals surface area (Å²) in [4.78, 5) is 40.9. The standard InChI is InChI=1S/C17H19N3O3/c1-9(2)20-15(21)7-14(17(20)23)19-16(22)12-8-18-13-5-4-10(3)6-11(12)13/h4-6,8-9,14,18H,7H2,1-3H3,(H,19,22). The molecule has 0 bridgehead atoms. The third-order valence-corrected chi connectivity index (χ3v) is 4.09. The summed E-state index contributed by atoms with van der Waals surface area (Å²) in [5.74, 6) is -0.932. The van der Waals surface area contributed by atoms with E-state index in [9.17, 15) is 14.4 Å². The van der Waals surface area contributed by atoms with Gasteiger partial charge in [0.25, 0.3) is 11.8 Å². The second kappa shape index (κ2) is 5.53. The first-order valence-electron chi connectivity index (χ1n) is 7.63. The number of H-pyrrole nitrogens is 1. The van der Waals surface area contributed by atoms with Crippen LogP contribution < -0.4 is 5.32 Å². The Kier molecular flexibility index (Phi) is 3.67. The number of imide groups is 1. The van der Waals surface area contributed by atoms with Crippen LogP contribution in [0.1, 0.15) is 36.2 Å². The van der Waals surface area contributed by atoms with Crippen LogP contribution in [-0.2, 0) is 9.59 Å². The second-order valence-corrected chi connectivity index (χ2v) is 6.18. The lowest BCUT2D eigenvalue weighted by Crippen LogP contribution is -2.43. The lowest BCUT2D eigenvalue weighted by atomic mass is 10.1. The van der Waals surface area contributed by atoms with Gasteiger partial charge in [0.05, 0.1) is 12.0 Å². The summed E-state index contributed by atoms with van der Waals surface area (Å²) in [7, 11) is 0. The second-order valence-electron chi connectivity index (χ2n) is 6.18. The number of nitrogens with zero attached hydrogens (tertiary/aromatic N) is 1.